The van der Waals surface area contributed by atoms with Crippen LogP contribution >= 0.6 is 0 Å². The fourth-order valence-electron chi connectivity index (χ4n) is 3.27. The van der Waals surface area contributed by atoms with Gasteiger partial charge in [0.05, 0.1) is 0 Å². The van der Waals surface area contributed by atoms with Crippen molar-refractivity contribution >= 4 is 34.6 Å². The predicted octanol–water partition coefficient (Wildman–Crippen LogP) is 3.39. The van der Waals surface area contributed by atoms with Gasteiger partial charge in [0.25, 0.3) is 0 Å². The Balaban J connectivity index is 1.55. The molecule has 0 fully saturated rings. The van der Waals surface area contributed by atoms with E-state index in [9.17, 15) is 20.0 Å². The minimum atomic E-state index is -0.766. The van der Waals surface area contributed by atoms with Gasteiger partial charge in [0, 0.05) is 33.0 Å². The molecule has 0 radical (unpaired) electrons. The molecule has 172 valence electrons. The number of aromatic nitrogens is 2. The molecule has 4 aromatic rings. The molecule has 34 heavy (non-hydrogen) atoms. The molecule has 10 nitrogen and oxygen atoms in total. The number of nitrogens with one attached hydrogen (secondary N) is 2. The summed E-state index contributed by atoms with van der Waals surface area (Å²) in [6, 6.07) is 23.9. The number of hydrogen-bond acceptors (Lipinski definition) is 6. The molecule has 0 unspecified atom stereocenters. The maximum Gasteiger partial charge on any atom is 0.412 e. The second kappa shape index (κ2) is 10.2. The van der Waals surface area contributed by atoms with Crippen LogP contribution in [-0.4, -0.2) is 22.6 Å². The van der Waals surface area contributed by atoms with Crippen LogP contribution in [0.5, 0.6) is 0 Å². The van der Waals surface area contributed by atoms with E-state index in [1.54, 1.807) is 84.9 Å². The van der Waals surface area contributed by atoms with Gasteiger partial charge in [-0.25, -0.2) is 9.59 Å². The maximum atomic E-state index is 12.2. The van der Waals surface area contributed by atoms with E-state index in [1.807, 2.05) is 0 Å². The molecule has 10 heteroatoms. The molecule has 0 saturated carbocycles. The topological polar surface area (TPSA) is 125 Å². The normalized spacial score (nSPS) is 10.5. The van der Waals surface area contributed by atoms with Crippen molar-refractivity contribution in [2.24, 2.45) is 0 Å². The smallest absolute Gasteiger partial charge is 0.412 e. The summed E-state index contributed by atoms with van der Waals surface area (Å²) in [5.41, 5.74) is 1.59. The minimum Gasteiger partial charge on any atom is -0.437 e. The molecule has 0 aliphatic heterocycles. The van der Waals surface area contributed by atoms with E-state index in [4.69, 9.17) is 9.47 Å². The van der Waals surface area contributed by atoms with Crippen molar-refractivity contribution in [1.29, 1.82) is 0 Å². The number of rotatable bonds is 6. The first-order valence-corrected chi connectivity index (χ1v) is 10.3. The van der Waals surface area contributed by atoms with Crippen molar-refractivity contribution in [2.45, 2.75) is 13.2 Å². The van der Waals surface area contributed by atoms with Gasteiger partial charge in [-0.05, 0) is 24.3 Å². The summed E-state index contributed by atoms with van der Waals surface area (Å²) in [5.74, 6) is 0. The summed E-state index contributed by atoms with van der Waals surface area (Å²) in [5, 5.41) is 26.7. The van der Waals surface area contributed by atoms with Crippen molar-refractivity contribution in [2.75, 3.05) is 10.6 Å². The number of fused-ring (bicyclic) bond motifs is 1. The molecule has 0 saturated heterocycles. The van der Waals surface area contributed by atoms with Crippen LogP contribution in [0.3, 0.4) is 0 Å². The number of amides is 2. The second-order valence-corrected chi connectivity index (χ2v) is 7.14. The third-order valence-electron chi connectivity index (χ3n) is 4.90. The lowest BCUT2D eigenvalue weighted by molar-refractivity contribution is -0.929. The molecule has 4 N–H and O–H groups in total. The van der Waals surface area contributed by atoms with Gasteiger partial charge in [-0.1, -0.05) is 48.5 Å². The third kappa shape index (κ3) is 5.13. The molecule has 0 atom stereocenters. The zero-order valence-electron chi connectivity index (χ0n) is 17.9. The number of ether oxygens (including phenoxy) is 2. The molecule has 0 bridgehead atoms. The third-order valence-corrected chi connectivity index (χ3v) is 4.90. The highest BCUT2D eigenvalue weighted by atomic mass is 16.6. The highest BCUT2D eigenvalue weighted by Gasteiger charge is 2.36. The van der Waals surface area contributed by atoms with Crippen LogP contribution in [0.2, 0.25) is 0 Å². The first-order chi connectivity index (χ1) is 16.5. The Morgan fingerprint density at radius 1 is 0.618 bits per heavy atom. The molecule has 1 aromatic heterocycles. The fraction of sp³-hybridized carbons (Fsp3) is 0.0833. The van der Waals surface area contributed by atoms with E-state index in [1.165, 1.54) is 0 Å². The van der Waals surface area contributed by atoms with Crippen LogP contribution in [0.15, 0.2) is 84.9 Å². The number of nitrogens with zero attached hydrogens (tertiary/aromatic N) is 2. The van der Waals surface area contributed by atoms with Crippen LogP contribution < -0.4 is 20.1 Å². The summed E-state index contributed by atoms with van der Waals surface area (Å²) >= 11 is 0. The lowest BCUT2D eigenvalue weighted by Crippen LogP contribution is -2.49. The van der Waals surface area contributed by atoms with Crippen LogP contribution in [0, 0.1) is 0 Å². The van der Waals surface area contributed by atoms with Gasteiger partial charge in [0.15, 0.2) is 13.2 Å². The monoisotopic (exact) mass is 462 g/mol. The number of carbonyl (C=O) groups excluding carboxylic acids is 2. The fourth-order valence-corrected chi connectivity index (χ4v) is 3.27. The molecular weight excluding hydrogens is 440 g/mol. The number of anilines is 2. The van der Waals surface area contributed by atoms with E-state index >= 15 is 0 Å². The quantitative estimate of drug-likeness (QED) is 0.257. The molecule has 0 aliphatic rings. The average molecular weight is 462 g/mol. The first-order valence-electron chi connectivity index (χ1n) is 10.3. The van der Waals surface area contributed by atoms with Gasteiger partial charge in [-0.3, -0.25) is 21.0 Å². The Kier molecular flexibility index (Phi) is 6.68. The lowest BCUT2D eigenvalue weighted by atomic mass is 10.2. The van der Waals surface area contributed by atoms with E-state index in [2.05, 4.69) is 10.6 Å². The lowest BCUT2D eigenvalue weighted by Gasteiger charge is -2.08. The minimum absolute atomic E-state index is 0.0110. The Labute approximate surface area is 194 Å². The molecule has 2 amide bonds. The summed E-state index contributed by atoms with van der Waals surface area (Å²) < 4.78 is 12.1. The van der Waals surface area contributed by atoms with Crippen molar-refractivity contribution in [3.8, 4) is 0 Å². The molecule has 0 spiro atoms. The van der Waals surface area contributed by atoms with Crippen LogP contribution in [0.1, 0.15) is 11.4 Å². The van der Waals surface area contributed by atoms with E-state index in [0.717, 1.165) is 9.46 Å². The highest BCUT2D eigenvalue weighted by Crippen LogP contribution is 2.13. The van der Waals surface area contributed by atoms with E-state index < -0.39 is 25.4 Å². The van der Waals surface area contributed by atoms with Crippen molar-refractivity contribution in [3.05, 3.63) is 96.3 Å². The zero-order chi connectivity index (χ0) is 23.9. The highest BCUT2D eigenvalue weighted by molar-refractivity contribution is 5.85. The van der Waals surface area contributed by atoms with Crippen molar-refractivity contribution < 1.29 is 38.9 Å². The Hall–Kier alpha value is -4.86. The summed E-state index contributed by atoms with van der Waals surface area (Å²) in [4.78, 5) is 24.5. The van der Waals surface area contributed by atoms with Gasteiger partial charge in [-0.15, -0.1) is 0 Å². The average Bonchev–Trinajstić information content (AvgIpc) is 2.86. The Bertz CT molecular complexity index is 1210. The molecule has 0 aliphatic carbocycles. The van der Waals surface area contributed by atoms with E-state index in [0.29, 0.717) is 11.4 Å². The maximum absolute atomic E-state index is 12.2. The number of carbonyl (C=O) groups is 2. The van der Waals surface area contributed by atoms with Gasteiger partial charge >= 0.3 is 34.6 Å². The summed E-state index contributed by atoms with van der Waals surface area (Å²) in [7, 11) is 0. The molecule has 3 aromatic carbocycles. The Morgan fingerprint density at radius 3 is 1.35 bits per heavy atom. The second-order valence-electron chi connectivity index (χ2n) is 7.14. The van der Waals surface area contributed by atoms with Crippen LogP contribution in [-0.2, 0) is 22.7 Å². The van der Waals surface area contributed by atoms with E-state index in [-0.39, 0.29) is 22.4 Å². The predicted molar refractivity (Wildman–Crippen MR) is 119 cm³/mol. The molecule has 1 heterocycles. The summed E-state index contributed by atoms with van der Waals surface area (Å²) in [6.07, 6.45) is -1.53. The van der Waals surface area contributed by atoms with Crippen molar-refractivity contribution in [1.82, 2.24) is 0 Å². The van der Waals surface area contributed by atoms with Crippen molar-refractivity contribution in [3.63, 3.8) is 0 Å². The van der Waals surface area contributed by atoms with Gasteiger partial charge in [0.2, 0.25) is 0 Å². The van der Waals surface area contributed by atoms with Crippen LogP contribution in [0.25, 0.3) is 11.0 Å². The van der Waals surface area contributed by atoms with Crippen LogP contribution in [0.4, 0.5) is 21.0 Å². The number of benzene rings is 3. The number of hydrogen-bond donors (Lipinski definition) is 4. The SMILES string of the molecule is O=C(Nc1ccccc1)OCc1c(COC(=O)Nc2ccccc2)[n+](O)c2ccccc2[n+]1O. The molecule has 4 rings (SSSR count). The van der Waals surface area contributed by atoms with Gasteiger partial charge in [-0.2, -0.15) is 0 Å². The summed E-state index contributed by atoms with van der Waals surface area (Å²) in [6.45, 7) is -0.834. The van der Waals surface area contributed by atoms with Gasteiger partial charge in [0.1, 0.15) is 0 Å². The standard InChI is InChI=1S/C24H20N4O6/c29-23(25-17-9-3-1-4-10-17)33-15-21-22(16-34-24(30)26-18-11-5-2-6-12-18)28(32)20-14-8-7-13-19(20)27(21)31/h1-14H,15-16H2,(H2-2,25,26,29,30,31,32)/p+2. The first kappa shape index (κ1) is 22.3. The zero-order valence-corrected chi connectivity index (χ0v) is 17.9. The number of para-hydroxylation sites is 4. The molecular formula is C24H22N4O6+2. The largest absolute Gasteiger partial charge is 0.437 e. The Morgan fingerprint density at radius 2 is 0.971 bits per heavy atom. The van der Waals surface area contributed by atoms with Gasteiger partial charge < -0.3 is 9.47 Å².